The van der Waals surface area contributed by atoms with Gasteiger partial charge in [-0.2, -0.15) is 0 Å². The number of hydrogen-bond acceptors (Lipinski definition) is 3. The summed E-state index contributed by atoms with van der Waals surface area (Å²) in [5.74, 6) is 0. The summed E-state index contributed by atoms with van der Waals surface area (Å²) in [5, 5.41) is 7.02. The maximum absolute atomic E-state index is 6.66. The van der Waals surface area contributed by atoms with Crippen LogP contribution in [0.3, 0.4) is 0 Å². The number of benzene rings is 5. The van der Waals surface area contributed by atoms with E-state index < -0.39 is 0 Å². The molecule has 8 aromatic rings. The molecule has 48 heavy (non-hydrogen) atoms. The molecule has 0 unspecified atom stereocenters. The van der Waals surface area contributed by atoms with E-state index in [0.29, 0.717) is 0 Å². The Morgan fingerprint density at radius 3 is 2.10 bits per heavy atom. The molecular formula is C44H38IrN2O-2. The average molecular weight is 803 g/mol. The van der Waals surface area contributed by atoms with Crippen molar-refractivity contribution in [3.05, 3.63) is 144 Å². The van der Waals surface area contributed by atoms with Crippen molar-refractivity contribution in [2.24, 2.45) is 5.41 Å². The molecule has 8 rings (SSSR count). The molecule has 4 heteroatoms. The zero-order valence-electron chi connectivity index (χ0n) is 28.2. The van der Waals surface area contributed by atoms with E-state index in [0.717, 1.165) is 56.3 Å². The smallest absolute Gasteiger partial charge is 0.129 e. The number of nitrogens with zero attached hydrogens (tertiary/aromatic N) is 2. The molecule has 0 N–H and O–H groups in total. The minimum atomic E-state index is 0. The van der Waals surface area contributed by atoms with Crippen LogP contribution >= 0.6 is 0 Å². The molecule has 0 aliphatic rings. The standard InChI is InChI=1S/C31H26NO.C13H12N.Ir/c1-19-18-32-27(16-22(19)17-31(2,3)4)26-11-7-10-24-25-15-14-21-13-12-20-8-5-6-9-23(20)28(21)30(25)33-29(24)26;1-10-8-13(14-9-11(10)2)12-6-4-3-5-7-12;/h5-10,12-16,18H,17H2,1-4H3;3-6,8-9H,1-2H3;/q2*-1;. The molecule has 3 aromatic heterocycles. The first-order valence-corrected chi connectivity index (χ1v) is 16.2. The summed E-state index contributed by atoms with van der Waals surface area (Å²) < 4.78 is 6.66. The third-order valence-corrected chi connectivity index (χ3v) is 8.86. The number of hydrogen-bond donors (Lipinski definition) is 0. The molecule has 0 aliphatic carbocycles. The zero-order valence-corrected chi connectivity index (χ0v) is 30.6. The normalized spacial score (nSPS) is 11.5. The van der Waals surface area contributed by atoms with Gasteiger partial charge in [-0.1, -0.05) is 104 Å². The molecule has 3 nitrogen and oxygen atoms in total. The molecule has 0 aliphatic heterocycles. The summed E-state index contributed by atoms with van der Waals surface area (Å²) >= 11 is 0. The topological polar surface area (TPSA) is 38.9 Å². The van der Waals surface area contributed by atoms with Gasteiger partial charge in [0.25, 0.3) is 0 Å². The SMILES string of the molecule is Cc1cnc(-c2[c-]ccc3c2oc2c3ccc3ccc4ccccc4c32)cc1CC(C)(C)C.Cc1cnc(-c2[c-]cccc2)cc1C.[Ir]. The van der Waals surface area contributed by atoms with Gasteiger partial charge in [0.05, 0.1) is 5.58 Å². The van der Waals surface area contributed by atoms with Crippen LogP contribution in [0, 0.1) is 38.3 Å². The molecule has 0 bridgehead atoms. The van der Waals surface area contributed by atoms with Crippen LogP contribution in [0.1, 0.15) is 43.0 Å². The largest absolute Gasteiger partial charge is 0.500 e. The van der Waals surface area contributed by atoms with Gasteiger partial charge in [0, 0.05) is 43.3 Å². The fourth-order valence-electron chi connectivity index (χ4n) is 6.27. The molecule has 0 saturated heterocycles. The minimum Gasteiger partial charge on any atom is -0.500 e. The van der Waals surface area contributed by atoms with Crippen molar-refractivity contribution in [3.63, 3.8) is 0 Å². The van der Waals surface area contributed by atoms with Crippen LogP contribution in [0.2, 0.25) is 0 Å². The summed E-state index contributed by atoms with van der Waals surface area (Å²) in [5.41, 5.74) is 10.9. The van der Waals surface area contributed by atoms with Gasteiger partial charge in [0.2, 0.25) is 0 Å². The van der Waals surface area contributed by atoms with E-state index in [1.807, 2.05) is 42.7 Å². The van der Waals surface area contributed by atoms with Gasteiger partial charge in [0.1, 0.15) is 5.58 Å². The van der Waals surface area contributed by atoms with E-state index in [2.05, 4.69) is 125 Å². The van der Waals surface area contributed by atoms with Gasteiger partial charge in [0.15, 0.2) is 0 Å². The first-order chi connectivity index (χ1) is 22.7. The van der Waals surface area contributed by atoms with Gasteiger partial charge >= 0.3 is 0 Å². The van der Waals surface area contributed by atoms with Crippen LogP contribution in [0.5, 0.6) is 0 Å². The molecule has 241 valence electrons. The molecule has 5 aromatic carbocycles. The minimum absolute atomic E-state index is 0. The molecule has 0 fully saturated rings. The van der Waals surface area contributed by atoms with E-state index in [1.54, 1.807) is 0 Å². The van der Waals surface area contributed by atoms with Crippen molar-refractivity contribution in [2.75, 3.05) is 0 Å². The van der Waals surface area contributed by atoms with Crippen molar-refractivity contribution >= 4 is 43.5 Å². The van der Waals surface area contributed by atoms with E-state index >= 15 is 0 Å². The monoisotopic (exact) mass is 803 g/mol. The van der Waals surface area contributed by atoms with Crippen molar-refractivity contribution in [3.8, 4) is 22.5 Å². The third kappa shape index (κ3) is 6.56. The Hall–Kier alpha value is -4.63. The van der Waals surface area contributed by atoms with Crippen LogP contribution in [0.25, 0.3) is 66.0 Å². The van der Waals surface area contributed by atoms with Gasteiger partial charge in [-0.15, -0.1) is 54.1 Å². The number of fused-ring (bicyclic) bond motifs is 7. The predicted molar refractivity (Wildman–Crippen MR) is 197 cm³/mol. The van der Waals surface area contributed by atoms with Crippen LogP contribution in [0.15, 0.2) is 114 Å². The summed E-state index contributed by atoms with van der Waals surface area (Å²) in [4.78, 5) is 9.16. The Morgan fingerprint density at radius 2 is 1.33 bits per heavy atom. The van der Waals surface area contributed by atoms with Crippen molar-refractivity contribution in [1.82, 2.24) is 9.97 Å². The molecule has 3 heterocycles. The maximum atomic E-state index is 6.66. The fraction of sp³-hybridized carbons (Fsp3) is 0.182. The summed E-state index contributed by atoms with van der Waals surface area (Å²) in [6, 6.07) is 40.1. The summed E-state index contributed by atoms with van der Waals surface area (Å²) in [6.45, 7) is 13.1. The van der Waals surface area contributed by atoms with Crippen LogP contribution in [-0.2, 0) is 26.5 Å². The van der Waals surface area contributed by atoms with Gasteiger partial charge in [-0.05, 0) is 71.3 Å². The zero-order chi connectivity index (χ0) is 32.7. The first kappa shape index (κ1) is 33.3. The third-order valence-electron chi connectivity index (χ3n) is 8.86. The predicted octanol–water partition coefficient (Wildman–Crippen LogP) is 11.8. The second-order valence-electron chi connectivity index (χ2n) is 13.7. The Kier molecular flexibility index (Phi) is 9.34. The Morgan fingerprint density at radius 1 is 0.625 bits per heavy atom. The molecule has 0 amide bonds. The quantitative estimate of drug-likeness (QED) is 0.132. The molecule has 1 radical (unpaired) electrons. The summed E-state index contributed by atoms with van der Waals surface area (Å²) in [7, 11) is 0. The fourth-order valence-corrected chi connectivity index (χ4v) is 6.27. The second kappa shape index (κ2) is 13.5. The number of rotatable bonds is 3. The van der Waals surface area contributed by atoms with Crippen LogP contribution in [0.4, 0.5) is 0 Å². The van der Waals surface area contributed by atoms with E-state index in [1.165, 1.54) is 38.4 Å². The molecule has 0 atom stereocenters. The number of pyridine rings is 2. The van der Waals surface area contributed by atoms with Gasteiger partial charge in [-0.3, -0.25) is 0 Å². The first-order valence-electron chi connectivity index (χ1n) is 16.2. The average Bonchev–Trinajstić information content (AvgIpc) is 3.46. The number of aromatic nitrogens is 2. The van der Waals surface area contributed by atoms with Crippen molar-refractivity contribution in [2.45, 2.75) is 48.0 Å². The van der Waals surface area contributed by atoms with Gasteiger partial charge in [-0.25, -0.2) is 0 Å². The second-order valence-corrected chi connectivity index (χ2v) is 13.7. The van der Waals surface area contributed by atoms with Crippen LogP contribution in [-0.4, -0.2) is 9.97 Å². The Balaban J connectivity index is 0.000000225. The van der Waals surface area contributed by atoms with E-state index in [4.69, 9.17) is 9.40 Å². The molecule has 0 spiro atoms. The van der Waals surface area contributed by atoms with Crippen LogP contribution < -0.4 is 0 Å². The number of furan rings is 1. The van der Waals surface area contributed by atoms with E-state index in [-0.39, 0.29) is 25.5 Å². The Bertz CT molecular complexity index is 2400. The van der Waals surface area contributed by atoms with E-state index in [9.17, 15) is 0 Å². The van der Waals surface area contributed by atoms with Gasteiger partial charge < -0.3 is 14.4 Å². The summed E-state index contributed by atoms with van der Waals surface area (Å²) in [6.07, 6.45) is 4.89. The molecular weight excluding hydrogens is 765 g/mol. The van der Waals surface area contributed by atoms with Crippen molar-refractivity contribution in [1.29, 1.82) is 0 Å². The Labute approximate surface area is 296 Å². The van der Waals surface area contributed by atoms with Crippen molar-refractivity contribution < 1.29 is 24.5 Å². The number of aryl methyl sites for hydroxylation is 3. The maximum Gasteiger partial charge on any atom is 0.129 e. The molecule has 0 saturated carbocycles.